The molecule has 1 heterocycles. The average molecular weight is 433 g/mol. The van der Waals surface area contributed by atoms with Crippen LogP contribution in [-0.4, -0.2) is 36.9 Å². The number of nitrogens with two attached hydrogens (primary N) is 1. The minimum absolute atomic E-state index is 0.202. The third-order valence-electron chi connectivity index (χ3n) is 5.60. The van der Waals surface area contributed by atoms with E-state index in [4.69, 9.17) is 10.5 Å². The number of hydrogen-bond acceptors (Lipinski definition) is 4. The van der Waals surface area contributed by atoms with Crippen LogP contribution in [0.1, 0.15) is 49.8 Å². The Balaban J connectivity index is 1.55. The van der Waals surface area contributed by atoms with Crippen molar-refractivity contribution in [3.63, 3.8) is 0 Å². The number of rotatable bonds is 8. The van der Waals surface area contributed by atoms with Crippen molar-refractivity contribution in [2.75, 3.05) is 19.7 Å². The highest BCUT2D eigenvalue weighted by Gasteiger charge is 2.24. The molecule has 0 fully saturated rings. The Labute approximate surface area is 183 Å². The van der Waals surface area contributed by atoms with Crippen LogP contribution in [0.5, 0.6) is 5.75 Å². The molecular formula is C25H34F2N2O2. The van der Waals surface area contributed by atoms with E-state index >= 15 is 0 Å². The molecule has 1 unspecified atom stereocenters. The molecule has 1 aliphatic rings. The molecular weight excluding hydrogens is 398 g/mol. The molecule has 4 nitrogen and oxygen atoms in total. The number of benzene rings is 2. The molecule has 0 bridgehead atoms. The minimum atomic E-state index is -0.821. The molecule has 0 saturated heterocycles. The second-order valence-electron chi connectivity index (χ2n) is 9.81. The SMILES string of the molecule is CC(C)(C)Cc1ccc2c(c1)C(CNC[C@@H](O)[C@@H](N)Cc1cc(F)cc(F)c1)CCO2. The predicted octanol–water partition coefficient (Wildman–Crippen LogP) is 3.94. The molecule has 6 heteroatoms. The number of halogens is 2. The summed E-state index contributed by atoms with van der Waals surface area (Å²) in [7, 11) is 0. The maximum absolute atomic E-state index is 13.4. The summed E-state index contributed by atoms with van der Waals surface area (Å²) in [6.45, 7) is 8.37. The highest BCUT2D eigenvalue weighted by molar-refractivity contribution is 5.41. The zero-order valence-electron chi connectivity index (χ0n) is 18.6. The van der Waals surface area contributed by atoms with Gasteiger partial charge in [-0.05, 0) is 59.6 Å². The fourth-order valence-corrected chi connectivity index (χ4v) is 4.14. The maximum atomic E-state index is 13.4. The van der Waals surface area contributed by atoms with E-state index in [1.165, 1.54) is 23.3 Å². The molecule has 3 atom stereocenters. The molecule has 0 aromatic heterocycles. The molecule has 0 aliphatic carbocycles. The van der Waals surface area contributed by atoms with Crippen molar-refractivity contribution in [1.82, 2.24) is 5.32 Å². The lowest BCUT2D eigenvalue weighted by Crippen LogP contribution is -2.44. The van der Waals surface area contributed by atoms with E-state index < -0.39 is 23.8 Å². The molecule has 1 aliphatic heterocycles. The van der Waals surface area contributed by atoms with Gasteiger partial charge in [0.15, 0.2) is 0 Å². The van der Waals surface area contributed by atoms with Crippen molar-refractivity contribution in [2.45, 2.75) is 58.1 Å². The molecule has 0 radical (unpaired) electrons. The zero-order chi connectivity index (χ0) is 22.6. The minimum Gasteiger partial charge on any atom is -0.493 e. The van der Waals surface area contributed by atoms with Crippen LogP contribution in [0.2, 0.25) is 0 Å². The average Bonchev–Trinajstić information content (AvgIpc) is 2.66. The molecule has 4 N–H and O–H groups in total. The summed E-state index contributed by atoms with van der Waals surface area (Å²) in [6, 6.07) is 9.14. The Morgan fingerprint density at radius 2 is 1.84 bits per heavy atom. The number of aliphatic hydroxyl groups is 1. The maximum Gasteiger partial charge on any atom is 0.126 e. The van der Waals surface area contributed by atoms with Gasteiger partial charge in [0, 0.05) is 31.1 Å². The Bertz CT molecular complexity index is 862. The number of fused-ring (bicyclic) bond motifs is 1. The van der Waals surface area contributed by atoms with Gasteiger partial charge in [-0.3, -0.25) is 0 Å². The number of hydrogen-bond donors (Lipinski definition) is 3. The zero-order valence-corrected chi connectivity index (χ0v) is 18.6. The van der Waals surface area contributed by atoms with Crippen molar-refractivity contribution >= 4 is 0 Å². The topological polar surface area (TPSA) is 67.5 Å². The van der Waals surface area contributed by atoms with E-state index in [0.29, 0.717) is 31.2 Å². The van der Waals surface area contributed by atoms with Gasteiger partial charge in [0.2, 0.25) is 0 Å². The summed E-state index contributed by atoms with van der Waals surface area (Å²) in [6.07, 6.45) is 1.28. The summed E-state index contributed by atoms with van der Waals surface area (Å²) in [4.78, 5) is 0. The standard InChI is InChI=1S/C25H34F2N2O2/c1-25(2,3)13-16-4-5-24-21(10-16)18(6-7-31-24)14-29-15-23(30)22(28)11-17-8-19(26)12-20(27)9-17/h4-5,8-10,12,18,22-23,29-30H,6-7,11,13-15,28H2,1-3H3/t18?,22-,23+/m0/s1. The van der Waals surface area contributed by atoms with Gasteiger partial charge in [-0.1, -0.05) is 32.9 Å². The van der Waals surface area contributed by atoms with Crippen molar-refractivity contribution in [3.8, 4) is 5.75 Å². The first kappa shape index (κ1) is 23.6. The van der Waals surface area contributed by atoms with E-state index in [9.17, 15) is 13.9 Å². The normalized spacial score (nSPS) is 18.2. The summed E-state index contributed by atoms with van der Waals surface area (Å²) in [5.74, 6) is -0.0526. The summed E-state index contributed by atoms with van der Waals surface area (Å²) < 4.78 is 32.6. The Hall–Kier alpha value is -2.02. The molecule has 31 heavy (non-hydrogen) atoms. The van der Waals surface area contributed by atoms with Crippen LogP contribution in [-0.2, 0) is 12.8 Å². The monoisotopic (exact) mass is 432 g/mol. The highest BCUT2D eigenvalue weighted by atomic mass is 19.1. The fraction of sp³-hybridized carbons (Fsp3) is 0.520. The van der Waals surface area contributed by atoms with Gasteiger partial charge in [0.05, 0.1) is 12.7 Å². The van der Waals surface area contributed by atoms with Gasteiger partial charge < -0.3 is 20.9 Å². The Morgan fingerprint density at radius 1 is 1.13 bits per heavy atom. The van der Waals surface area contributed by atoms with Gasteiger partial charge in [0.1, 0.15) is 17.4 Å². The quantitative estimate of drug-likeness (QED) is 0.591. The van der Waals surface area contributed by atoms with Crippen molar-refractivity contribution in [3.05, 3.63) is 64.7 Å². The number of nitrogens with one attached hydrogen (secondary N) is 1. The van der Waals surface area contributed by atoms with Gasteiger partial charge in [-0.2, -0.15) is 0 Å². The summed E-state index contributed by atoms with van der Waals surface area (Å²) in [5.41, 5.74) is 9.22. The van der Waals surface area contributed by atoms with Crippen LogP contribution in [0, 0.1) is 17.0 Å². The van der Waals surface area contributed by atoms with Crippen LogP contribution in [0.4, 0.5) is 8.78 Å². The first-order valence-corrected chi connectivity index (χ1v) is 11.0. The van der Waals surface area contributed by atoms with Crippen LogP contribution < -0.4 is 15.8 Å². The third kappa shape index (κ3) is 6.99. The Morgan fingerprint density at radius 3 is 2.52 bits per heavy atom. The lowest BCUT2D eigenvalue weighted by Gasteiger charge is -2.28. The van der Waals surface area contributed by atoms with Crippen LogP contribution in [0.15, 0.2) is 36.4 Å². The lowest BCUT2D eigenvalue weighted by atomic mass is 9.85. The number of ether oxygens (including phenoxy) is 1. The van der Waals surface area contributed by atoms with Crippen molar-refractivity contribution < 1.29 is 18.6 Å². The lowest BCUT2D eigenvalue weighted by molar-refractivity contribution is 0.140. The van der Waals surface area contributed by atoms with E-state index in [1.807, 2.05) is 0 Å². The largest absolute Gasteiger partial charge is 0.493 e. The second kappa shape index (κ2) is 10.1. The third-order valence-corrected chi connectivity index (χ3v) is 5.60. The van der Waals surface area contributed by atoms with Crippen LogP contribution >= 0.6 is 0 Å². The second-order valence-corrected chi connectivity index (χ2v) is 9.81. The van der Waals surface area contributed by atoms with E-state index in [-0.39, 0.29) is 11.8 Å². The first-order valence-electron chi connectivity index (χ1n) is 11.0. The molecule has 2 aromatic rings. The van der Waals surface area contributed by atoms with Gasteiger partial charge in [-0.25, -0.2) is 8.78 Å². The molecule has 0 spiro atoms. The molecule has 0 saturated carbocycles. The highest BCUT2D eigenvalue weighted by Crippen LogP contribution is 2.35. The summed E-state index contributed by atoms with van der Waals surface area (Å²) in [5, 5.41) is 13.7. The molecule has 0 amide bonds. The predicted molar refractivity (Wildman–Crippen MR) is 119 cm³/mol. The van der Waals surface area contributed by atoms with Gasteiger partial charge in [-0.15, -0.1) is 0 Å². The van der Waals surface area contributed by atoms with Gasteiger partial charge >= 0.3 is 0 Å². The molecule has 2 aromatic carbocycles. The Kier molecular flexibility index (Phi) is 7.68. The van der Waals surface area contributed by atoms with Crippen LogP contribution in [0.25, 0.3) is 0 Å². The van der Waals surface area contributed by atoms with E-state index in [1.54, 1.807) is 0 Å². The van der Waals surface area contributed by atoms with Crippen molar-refractivity contribution in [1.29, 1.82) is 0 Å². The van der Waals surface area contributed by atoms with Gasteiger partial charge in [0.25, 0.3) is 0 Å². The van der Waals surface area contributed by atoms with E-state index in [2.05, 4.69) is 44.3 Å². The number of aliphatic hydroxyl groups excluding tert-OH is 1. The first-order chi connectivity index (χ1) is 14.6. The van der Waals surface area contributed by atoms with E-state index in [0.717, 1.165) is 24.7 Å². The fourth-order valence-electron chi connectivity index (χ4n) is 4.14. The molecule has 3 rings (SSSR count). The summed E-state index contributed by atoms with van der Waals surface area (Å²) >= 11 is 0. The van der Waals surface area contributed by atoms with Crippen molar-refractivity contribution in [2.24, 2.45) is 11.1 Å². The molecule has 170 valence electrons. The smallest absolute Gasteiger partial charge is 0.126 e. The van der Waals surface area contributed by atoms with Crippen LogP contribution in [0.3, 0.4) is 0 Å².